The van der Waals surface area contributed by atoms with Gasteiger partial charge in [-0.15, -0.1) is 0 Å². The number of anilines is 3. The zero-order chi connectivity index (χ0) is 32.4. The molecule has 230 valence electrons. The minimum absolute atomic E-state index is 0.545. The Balaban J connectivity index is 1.26. The lowest BCUT2D eigenvalue weighted by Crippen LogP contribution is -2.32. The Bertz CT molecular complexity index is 2530. The van der Waals surface area contributed by atoms with Gasteiger partial charge in [-0.3, -0.25) is 0 Å². The Morgan fingerprint density at radius 3 is 1.94 bits per heavy atom. The molecule has 1 heterocycles. The van der Waals surface area contributed by atoms with E-state index in [4.69, 9.17) is 4.74 Å². The molecule has 0 aromatic heterocycles. The molecule has 1 unspecified atom stereocenters. The van der Waals surface area contributed by atoms with Crippen LogP contribution in [0.3, 0.4) is 0 Å². The summed E-state index contributed by atoms with van der Waals surface area (Å²) >= 11 is 0. The fraction of sp³-hybridized carbons (Fsp3) is 0.0213. The van der Waals surface area contributed by atoms with Crippen LogP contribution in [-0.4, -0.2) is 0 Å². The van der Waals surface area contributed by atoms with Crippen molar-refractivity contribution in [2.45, 2.75) is 5.41 Å². The zero-order valence-electron chi connectivity index (χ0n) is 26.8. The van der Waals surface area contributed by atoms with Crippen molar-refractivity contribution >= 4 is 27.8 Å². The fourth-order valence-electron chi connectivity index (χ4n) is 8.25. The fourth-order valence-corrected chi connectivity index (χ4v) is 8.25. The Labute approximate surface area is 286 Å². The Morgan fingerprint density at radius 1 is 0.388 bits per heavy atom. The normalized spacial score (nSPS) is 15.2. The van der Waals surface area contributed by atoms with Crippen molar-refractivity contribution in [1.82, 2.24) is 0 Å². The van der Waals surface area contributed by atoms with Gasteiger partial charge in [0, 0.05) is 27.9 Å². The lowest BCUT2D eigenvalue weighted by Gasteiger charge is -2.39. The molecule has 0 bridgehead atoms. The lowest BCUT2D eigenvalue weighted by atomic mass is 9.65. The van der Waals surface area contributed by atoms with Crippen molar-refractivity contribution in [2.75, 3.05) is 4.90 Å². The highest BCUT2D eigenvalue weighted by Gasteiger charge is 2.51. The summed E-state index contributed by atoms with van der Waals surface area (Å²) in [6, 6.07) is 67.9. The highest BCUT2D eigenvalue weighted by atomic mass is 16.5. The number of ether oxygens (including phenoxy) is 1. The van der Waals surface area contributed by atoms with Crippen LogP contribution in [-0.2, 0) is 5.41 Å². The van der Waals surface area contributed by atoms with E-state index < -0.39 is 5.41 Å². The molecule has 2 nitrogen and oxygen atoms in total. The number of hydrogen-bond acceptors (Lipinski definition) is 2. The average molecular weight is 626 g/mol. The first-order valence-corrected chi connectivity index (χ1v) is 16.9. The van der Waals surface area contributed by atoms with E-state index in [1.807, 2.05) is 0 Å². The maximum absolute atomic E-state index is 6.70. The molecule has 0 N–H and O–H groups in total. The third-order valence-corrected chi connectivity index (χ3v) is 10.3. The molecule has 1 spiro atoms. The SMILES string of the molecule is c1ccc(-c2ccc3c(c2)C2(c4ccccc4O3)c3ccccc3-c3cc(N(c4ccccc4)c4cccc5ccccc45)ccc32)cc1. The van der Waals surface area contributed by atoms with Gasteiger partial charge in [0.2, 0.25) is 0 Å². The molecule has 8 aromatic rings. The molecule has 0 saturated carbocycles. The van der Waals surface area contributed by atoms with E-state index in [2.05, 4.69) is 193 Å². The minimum atomic E-state index is -0.545. The van der Waals surface area contributed by atoms with Crippen LogP contribution in [0.5, 0.6) is 11.5 Å². The topological polar surface area (TPSA) is 12.5 Å². The third-order valence-electron chi connectivity index (χ3n) is 10.3. The molecule has 1 aliphatic carbocycles. The van der Waals surface area contributed by atoms with Gasteiger partial charge < -0.3 is 9.64 Å². The van der Waals surface area contributed by atoms with Gasteiger partial charge in [0.1, 0.15) is 11.5 Å². The molecule has 10 rings (SSSR count). The zero-order valence-corrected chi connectivity index (χ0v) is 26.8. The number of nitrogens with zero attached hydrogens (tertiary/aromatic N) is 1. The molecule has 0 radical (unpaired) electrons. The van der Waals surface area contributed by atoms with Crippen molar-refractivity contribution in [3.63, 3.8) is 0 Å². The molecule has 2 aliphatic rings. The van der Waals surface area contributed by atoms with Gasteiger partial charge in [0.25, 0.3) is 0 Å². The number of fused-ring (bicyclic) bond motifs is 10. The van der Waals surface area contributed by atoms with Crippen LogP contribution in [0.4, 0.5) is 17.1 Å². The monoisotopic (exact) mass is 625 g/mol. The molecule has 0 saturated heterocycles. The summed E-state index contributed by atoms with van der Waals surface area (Å²) in [7, 11) is 0. The highest BCUT2D eigenvalue weighted by molar-refractivity contribution is 6.00. The molecule has 49 heavy (non-hydrogen) atoms. The molecule has 0 fully saturated rings. The van der Waals surface area contributed by atoms with E-state index in [9.17, 15) is 0 Å². The number of benzene rings is 8. The first-order chi connectivity index (χ1) is 24.3. The van der Waals surface area contributed by atoms with Crippen LogP contribution in [0, 0.1) is 0 Å². The molecular formula is C47H31NO. The second-order valence-electron chi connectivity index (χ2n) is 12.9. The van der Waals surface area contributed by atoms with Crippen molar-refractivity contribution < 1.29 is 4.74 Å². The summed E-state index contributed by atoms with van der Waals surface area (Å²) < 4.78 is 6.70. The number of hydrogen-bond donors (Lipinski definition) is 0. The van der Waals surface area contributed by atoms with Crippen molar-refractivity contribution in [2.24, 2.45) is 0 Å². The Morgan fingerprint density at radius 2 is 1.06 bits per heavy atom. The van der Waals surface area contributed by atoms with Gasteiger partial charge >= 0.3 is 0 Å². The van der Waals surface area contributed by atoms with E-state index in [0.29, 0.717) is 0 Å². The maximum Gasteiger partial charge on any atom is 0.132 e. The van der Waals surface area contributed by atoms with Crippen molar-refractivity contribution in [3.8, 4) is 33.8 Å². The van der Waals surface area contributed by atoms with Crippen LogP contribution >= 0.6 is 0 Å². The predicted molar refractivity (Wildman–Crippen MR) is 201 cm³/mol. The minimum Gasteiger partial charge on any atom is -0.457 e. The van der Waals surface area contributed by atoms with Crippen LogP contribution < -0.4 is 9.64 Å². The van der Waals surface area contributed by atoms with Crippen LogP contribution in [0.1, 0.15) is 22.3 Å². The highest BCUT2D eigenvalue weighted by Crippen LogP contribution is 2.63. The standard InChI is InChI=1S/C47H31NO/c1-3-14-32(15-4-1)34-26-29-46-43(30-34)47(42-23-11-12-25-45(42)49-46)40-22-10-9-21-38(40)39-31-36(27-28-41(39)47)48(35-18-5-2-6-19-35)44-24-13-17-33-16-7-8-20-37(33)44/h1-31H. The molecule has 1 atom stereocenters. The largest absolute Gasteiger partial charge is 0.457 e. The van der Waals surface area contributed by atoms with E-state index in [1.165, 1.54) is 55.3 Å². The summed E-state index contributed by atoms with van der Waals surface area (Å²) in [5, 5.41) is 2.43. The van der Waals surface area contributed by atoms with E-state index in [-0.39, 0.29) is 0 Å². The second kappa shape index (κ2) is 10.8. The molecular weight excluding hydrogens is 595 g/mol. The predicted octanol–water partition coefficient (Wildman–Crippen LogP) is 12.4. The lowest BCUT2D eigenvalue weighted by molar-refractivity contribution is 0.436. The Kier molecular flexibility index (Phi) is 6.13. The van der Waals surface area contributed by atoms with E-state index >= 15 is 0 Å². The van der Waals surface area contributed by atoms with Crippen LogP contribution in [0.2, 0.25) is 0 Å². The quantitative estimate of drug-likeness (QED) is 0.193. The van der Waals surface area contributed by atoms with Gasteiger partial charge in [-0.2, -0.15) is 0 Å². The van der Waals surface area contributed by atoms with Gasteiger partial charge in [0.15, 0.2) is 0 Å². The van der Waals surface area contributed by atoms with Gasteiger partial charge in [-0.25, -0.2) is 0 Å². The first kappa shape index (κ1) is 27.7. The van der Waals surface area contributed by atoms with Gasteiger partial charge in [-0.05, 0) is 87.3 Å². The van der Waals surface area contributed by atoms with Crippen molar-refractivity contribution in [1.29, 1.82) is 0 Å². The molecule has 0 amide bonds. The van der Waals surface area contributed by atoms with Gasteiger partial charge in [0.05, 0.1) is 11.1 Å². The van der Waals surface area contributed by atoms with E-state index in [0.717, 1.165) is 28.6 Å². The Hall–Kier alpha value is -6.38. The summed E-state index contributed by atoms with van der Waals surface area (Å²) in [4.78, 5) is 2.40. The summed E-state index contributed by atoms with van der Waals surface area (Å²) in [6.07, 6.45) is 0. The second-order valence-corrected chi connectivity index (χ2v) is 12.9. The van der Waals surface area contributed by atoms with Crippen molar-refractivity contribution in [3.05, 3.63) is 210 Å². The number of rotatable bonds is 4. The molecule has 1 aliphatic heterocycles. The number of para-hydroxylation sites is 2. The first-order valence-electron chi connectivity index (χ1n) is 16.9. The summed E-state index contributed by atoms with van der Waals surface area (Å²) in [5.41, 5.74) is 12.6. The molecule has 2 heteroatoms. The van der Waals surface area contributed by atoms with Gasteiger partial charge in [-0.1, -0.05) is 140 Å². The third kappa shape index (κ3) is 4.07. The smallest absolute Gasteiger partial charge is 0.132 e. The summed E-state index contributed by atoms with van der Waals surface area (Å²) in [6.45, 7) is 0. The maximum atomic E-state index is 6.70. The van der Waals surface area contributed by atoms with Crippen LogP contribution in [0.25, 0.3) is 33.0 Å². The van der Waals surface area contributed by atoms with E-state index in [1.54, 1.807) is 0 Å². The van der Waals surface area contributed by atoms with Crippen LogP contribution in [0.15, 0.2) is 188 Å². The molecule has 8 aromatic carbocycles. The average Bonchev–Trinajstić information content (AvgIpc) is 3.46. The summed E-state index contributed by atoms with van der Waals surface area (Å²) in [5.74, 6) is 1.79.